The van der Waals surface area contributed by atoms with Gasteiger partial charge in [0.15, 0.2) is 9.84 Å². The average Bonchev–Trinajstić information content (AvgIpc) is 2.68. The molecule has 5 nitrogen and oxygen atoms in total. The summed E-state index contributed by atoms with van der Waals surface area (Å²) in [5.74, 6) is -0.0164. The first-order valence-corrected chi connectivity index (χ1v) is 7.96. The van der Waals surface area contributed by atoms with Gasteiger partial charge in [0.1, 0.15) is 0 Å². The van der Waals surface area contributed by atoms with Gasteiger partial charge in [-0.05, 0) is 25.0 Å². The van der Waals surface area contributed by atoms with E-state index in [1.54, 1.807) is 19.2 Å². The van der Waals surface area contributed by atoms with E-state index in [9.17, 15) is 13.2 Å². The molecule has 1 atom stereocenters. The predicted molar refractivity (Wildman–Crippen MR) is 74.7 cm³/mol. The summed E-state index contributed by atoms with van der Waals surface area (Å²) in [5.41, 5.74) is 7.55. The number of amides is 1. The Balaban J connectivity index is 2.25. The first-order valence-electron chi connectivity index (χ1n) is 6.14. The molecule has 104 valence electrons. The van der Waals surface area contributed by atoms with E-state index >= 15 is 0 Å². The third kappa shape index (κ3) is 2.73. The van der Waals surface area contributed by atoms with Crippen LogP contribution in [0.25, 0.3) is 0 Å². The van der Waals surface area contributed by atoms with Crippen molar-refractivity contribution in [1.29, 1.82) is 0 Å². The van der Waals surface area contributed by atoms with Gasteiger partial charge < -0.3 is 10.6 Å². The molecule has 1 heterocycles. The molecule has 2 N–H and O–H groups in total. The lowest BCUT2D eigenvalue weighted by molar-refractivity contribution is 0.0748. The Bertz CT molecular complexity index is 590. The van der Waals surface area contributed by atoms with Gasteiger partial charge in [0.05, 0.1) is 17.1 Å². The van der Waals surface area contributed by atoms with Crippen LogP contribution in [0.2, 0.25) is 0 Å². The van der Waals surface area contributed by atoms with Crippen molar-refractivity contribution in [2.75, 3.05) is 24.3 Å². The van der Waals surface area contributed by atoms with Crippen molar-refractivity contribution in [2.45, 2.75) is 19.4 Å². The number of carbonyl (C=O) groups is 1. The van der Waals surface area contributed by atoms with Gasteiger partial charge in [-0.2, -0.15) is 0 Å². The third-order valence-electron chi connectivity index (χ3n) is 3.60. The Kier molecular flexibility index (Phi) is 3.54. The number of anilines is 1. The number of hydrogen-bond acceptors (Lipinski definition) is 4. The fourth-order valence-corrected chi connectivity index (χ4v) is 4.18. The summed E-state index contributed by atoms with van der Waals surface area (Å²) in [6.07, 6.45) is 0.496. The molecule has 1 saturated heterocycles. The summed E-state index contributed by atoms with van der Waals surface area (Å²) in [6, 6.07) is 5.04. The van der Waals surface area contributed by atoms with Gasteiger partial charge in [-0.15, -0.1) is 0 Å². The number of nitrogens with zero attached hydrogens (tertiary/aromatic N) is 1. The van der Waals surface area contributed by atoms with E-state index in [1.165, 1.54) is 4.90 Å². The minimum atomic E-state index is -3.00. The van der Waals surface area contributed by atoms with Gasteiger partial charge in [-0.3, -0.25) is 4.79 Å². The van der Waals surface area contributed by atoms with E-state index in [0.717, 1.165) is 5.56 Å². The molecule has 0 spiro atoms. The van der Waals surface area contributed by atoms with Crippen molar-refractivity contribution in [3.8, 4) is 0 Å². The molecule has 19 heavy (non-hydrogen) atoms. The number of benzene rings is 1. The highest BCUT2D eigenvalue weighted by atomic mass is 32.2. The molecule has 0 aliphatic carbocycles. The van der Waals surface area contributed by atoms with Crippen LogP contribution >= 0.6 is 0 Å². The lowest BCUT2D eigenvalue weighted by Gasteiger charge is -2.24. The number of rotatable bonds is 2. The van der Waals surface area contributed by atoms with Crippen LogP contribution in [0.1, 0.15) is 22.3 Å². The van der Waals surface area contributed by atoms with Crippen LogP contribution in [0.15, 0.2) is 18.2 Å². The van der Waals surface area contributed by atoms with Crippen molar-refractivity contribution in [2.24, 2.45) is 0 Å². The van der Waals surface area contributed by atoms with Crippen LogP contribution in [0.3, 0.4) is 0 Å². The fourth-order valence-electron chi connectivity index (χ4n) is 2.41. The van der Waals surface area contributed by atoms with Gasteiger partial charge in [0.2, 0.25) is 0 Å². The maximum absolute atomic E-state index is 12.4. The minimum Gasteiger partial charge on any atom is -0.398 e. The molecule has 0 bridgehead atoms. The van der Waals surface area contributed by atoms with Crippen molar-refractivity contribution >= 4 is 21.4 Å². The van der Waals surface area contributed by atoms with Crippen LogP contribution in [-0.2, 0) is 9.84 Å². The van der Waals surface area contributed by atoms with Crippen LogP contribution in [0.4, 0.5) is 5.69 Å². The summed E-state index contributed by atoms with van der Waals surface area (Å²) >= 11 is 0. The van der Waals surface area contributed by atoms with Crippen molar-refractivity contribution in [3.05, 3.63) is 29.3 Å². The van der Waals surface area contributed by atoms with E-state index in [2.05, 4.69) is 0 Å². The number of nitrogen functional groups attached to an aromatic ring is 1. The zero-order valence-corrected chi connectivity index (χ0v) is 11.9. The summed E-state index contributed by atoms with van der Waals surface area (Å²) < 4.78 is 23.0. The maximum atomic E-state index is 12.4. The monoisotopic (exact) mass is 282 g/mol. The van der Waals surface area contributed by atoms with E-state index in [1.807, 2.05) is 13.0 Å². The van der Waals surface area contributed by atoms with E-state index in [0.29, 0.717) is 17.7 Å². The van der Waals surface area contributed by atoms with Crippen LogP contribution in [-0.4, -0.2) is 43.8 Å². The van der Waals surface area contributed by atoms with Gasteiger partial charge in [0, 0.05) is 18.8 Å². The number of aryl methyl sites for hydroxylation is 1. The molecule has 2 rings (SSSR count). The summed E-state index contributed by atoms with van der Waals surface area (Å²) in [7, 11) is -1.36. The van der Waals surface area contributed by atoms with Gasteiger partial charge in [-0.1, -0.05) is 12.1 Å². The smallest absolute Gasteiger partial charge is 0.256 e. The molecule has 1 unspecified atom stereocenters. The standard InChI is InChI=1S/C13H18N2O3S/c1-9-4-3-5-11(14)12(9)13(16)15(2)10-6-7-19(17,18)8-10/h3-5,10H,6-8,14H2,1-2H3. The second kappa shape index (κ2) is 4.85. The van der Waals surface area contributed by atoms with Crippen molar-refractivity contribution < 1.29 is 13.2 Å². The zero-order chi connectivity index (χ0) is 14.2. The third-order valence-corrected chi connectivity index (χ3v) is 5.35. The van der Waals surface area contributed by atoms with Crippen LogP contribution in [0, 0.1) is 6.92 Å². The highest BCUT2D eigenvalue weighted by Gasteiger charge is 2.33. The molecule has 1 aromatic carbocycles. The molecule has 1 aliphatic heterocycles. The Morgan fingerprint density at radius 2 is 2.11 bits per heavy atom. The Labute approximate surface area is 113 Å². The molecule has 1 fully saturated rings. The largest absolute Gasteiger partial charge is 0.398 e. The molecule has 1 aromatic rings. The maximum Gasteiger partial charge on any atom is 0.256 e. The topological polar surface area (TPSA) is 80.5 Å². The number of carbonyl (C=O) groups excluding carboxylic acids is 1. The van der Waals surface area contributed by atoms with E-state index in [-0.39, 0.29) is 23.5 Å². The summed E-state index contributed by atoms with van der Waals surface area (Å²) in [5, 5.41) is 0. The SMILES string of the molecule is Cc1cccc(N)c1C(=O)N(C)C1CCS(=O)(=O)C1. The average molecular weight is 282 g/mol. The van der Waals surface area contributed by atoms with Gasteiger partial charge in [-0.25, -0.2) is 8.42 Å². The second-order valence-electron chi connectivity index (χ2n) is 5.01. The van der Waals surface area contributed by atoms with Crippen molar-refractivity contribution in [3.63, 3.8) is 0 Å². The number of nitrogens with two attached hydrogens (primary N) is 1. The Morgan fingerprint density at radius 3 is 2.63 bits per heavy atom. The van der Waals surface area contributed by atoms with Crippen LogP contribution in [0.5, 0.6) is 0 Å². The van der Waals surface area contributed by atoms with E-state index in [4.69, 9.17) is 5.73 Å². The summed E-state index contributed by atoms with van der Waals surface area (Å²) in [6.45, 7) is 1.82. The minimum absolute atomic E-state index is 0.0427. The first-order chi connectivity index (χ1) is 8.82. The predicted octanol–water partition coefficient (Wildman–Crippen LogP) is 0.836. The van der Waals surface area contributed by atoms with Gasteiger partial charge >= 0.3 is 0 Å². The highest BCUT2D eigenvalue weighted by molar-refractivity contribution is 7.91. The normalized spacial score (nSPS) is 21.3. The molecule has 0 saturated carbocycles. The van der Waals surface area contributed by atoms with Crippen LogP contribution < -0.4 is 5.73 Å². The molecular weight excluding hydrogens is 264 g/mol. The highest BCUT2D eigenvalue weighted by Crippen LogP contribution is 2.22. The molecule has 1 aliphatic rings. The van der Waals surface area contributed by atoms with Gasteiger partial charge in [0.25, 0.3) is 5.91 Å². The lowest BCUT2D eigenvalue weighted by atomic mass is 10.0. The molecular formula is C13H18N2O3S. The van der Waals surface area contributed by atoms with E-state index < -0.39 is 9.84 Å². The Hall–Kier alpha value is -1.56. The summed E-state index contributed by atoms with van der Waals surface area (Å²) in [4.78, 5) is 13.9. The molecule has 0 aromatic heterocycles. The molecule has 1 amide bonds. The number of sulfone groups is 1. The first kappa shape index (κ1) is 13.9. The molecule has 6 heteroatoms. The van der Waals surface area contributed by atoms with Crippen molar-refractivity contribution in [1.82, 2.24) is 4.90 Å². The lowest BCUT2D eigenvalue weighted by Crippen LogP contribution is -2.38. The zero-order valence-electron chi connectivity index (χ0n) is 11.1. The quantitative estimate of drug-likeness (QED) is 0.815. The molecule has 0 radical (unpaired) electrons. The Morgan fingerprint density at radius 1 is 1.42 bits per heavy atom. The second-order valence-corrected chi connectivity index (χ2v) is 7.24. The fraction of sp³-hybridized carbons (Fsp3) is 0.462. The number of hydrogen-bond donors (Lipinski definition) is 1.